The van der Waals surface area contributed by atoms with Crippen LogP contribution in [0.5, 0.6) is 0 Å². The van der Waals surface area contributed by atoms with Gasteiger partial charge in [-0.15, -0.1) is 0 Å². The lowest BCUT2D eigenvalue weighted by atomic mass is 10.1. The van der Waals surface area contributed by atoms with Gasteiger partial charge in [-0.2, -0.15) is 0 Å². The van der Waals surface area contributed by atoms with Crippen LogP contribution in [-0.4, -0.2) is 22.7 Å². The molecule has 5 nitrogen and oxygen atoms in total. The highest BCUT2D eigenvalue weighted by Crippen LogP contribution is 2.21. The quantitative estimate of drug-likeness (QED) is 0.420. The highest BCUT2D eigenvalue weighted by atomic mass is 19.1. The summed E-state index contributed by atoms with van der Waals surface area (Å²) in [6.45, 7) is -0.477. The fourth-order valence-electron chi connectivity index (χ4n) is 1.13. The third kappa shape index (κ3) is 2.90. The summed E-state index contributed by atoms with van der Waals surface area (Å²) < 4.78 is 13.2. The molecule has 1 aromatic carbocycles. The fraction of sp³-hybridized carbons (Fsp3) is 0.222. The number of nitrogen functional groups attached to an aromatic ring is 1. The molecule has 0 heterocycles. The number of nitrogens with two attached hydrogens (primary N) is 1. The van der Waals surface area contributed by atoms with Gasteiger partial charge in [-0.1, -0.05) is 6.07 Å². The van der Waals surface area contributed by atoms with Crippen LogP contribution < -0.4 is 11.1 Å². The monoisotopic (exact) mass is 214 g/mol. The Morgan fingerprint density at radius 3 is 2.80 bits per heavy atom. The van der Waals surface area contributed by atoms with Gasteiger partial charge < -0.3 is 15.9 Å². The summed E-state index contributed by atoms with van der Waals surface area (Å²) in [7, 11) is 0. The van der Waals surface area contributed by atoms with Crippen molar-refractivity contribution in [3.63, 3.8) is 0 Å². The molecule has 15 heavy (non-hydrogen) atoms. The van der Waals surface area contributed by atoms with Gasteiger partial charge in [0.15, 0.2) is 0 Å². The maximum absolute atomic E-state index is 13.2. The van der Waals surface area contributed by atoms with Crippen molar-refractivity contribution < 1.29 is 19.4 Å². The first-order chi connectivity index (χ1) is 7.02. The van der Waals surface area contributed by atoms with Gasteiger partial charge in [0.05, 0.1) is 12.1 Å². The van der Waals surface area contributed by atoms with Gasteiger partial charge in [0.25, 0.3) is 0 Å². The lowest BCUT2D eigenvalue weighted by molar-refractivity contribution is -0.136. The molecule has 0 saturated heterocycles. The average molecular weight is 214 g/mol. The molecule has 0 saturated carbocycles. The highest BCUT2D eigenvalue weighted by molar-refractivity contribution is 5.69. The SMILES string of the molecule is Nc1cccc(F)c1C(O)NCC(=O)O. The van der Waals surface area contributed by atoms with Crippen LogP contribution in [0, 0.1) is 5.82 Å². The second-order valence-corrected chi connectivity index (χ2v) is 2.92. The summed E-state index contributed by atoms with van der Waals surface area (Å²) in [6.07, 6.45) is -1.43. The van der Waals surface area contributed by atoms with E-state index in [0.29, 0.717) is 0 Å². The molecule has 5 N–H and O–H groups in total. The number of nitrogens with one attached hydrogen (secondary N) is 1. The number of benzene rings is 1. The maximum atomic E-state index is 13.2. The van der Waals surface area contributed by atoms with E-state index < -0.39 is 24.6 Å². The normalized spacial score (nSPS) is 12.4. The summed E-state index contributed by atoms with van der Waals surface area (Å²) in [5.74, 6) is -1.83. The minimum Gasteiger partial charge on any atom is -0.480 e. The van der Waals surface area contributed by atoms with Crippen molar-refractivity contribution in [1.29, 1.82) is 0 Å². The van der Waals surface area contributed by atoms with Crippen LogP contribution in [0.1, 0.15) is 11.8 Å². The molecular formula is C9H11FN2O3. The second kappa shape index (κ2) is 4.72. The first-order valence-corrected chi connectivity index (χ1v) is 4.19. The van der Waals surface area contributed by atoms with Gasteiger partial charge in [0.2, 0.25) is 0 Å². The molecule has 0 radical (unpaired) electrons. The number of aliphatic carboxylic acids is 1. The minimum absolute atomic E-state index is 0.0698. The molecule has 6 heteroatoms. The number of hydrogen-bond donors (Lipinski definition) is 4. The predicted octanol–water partition coefficient (Wildman–Crippen LogP) is 0.0730. The van der Waals surface area contributed by atoms with Crippen molar-refractivity contribution in [2.45, 2.75) is 6.23 Å². The van der Waals surface area contributed by atoms with Crippen LogP contribution in [0.15, 0.2) is 18.2 Å². The van der Waals surface area contributed by atoms with Gasteiger partial charge in [0, 0.05) is 5.69 Å². The zero-order valence-electron chi connectivity index (χ0n) is 7.77. The van der Waals surface area contributed by atoms with Crippen molar-refractivity contribution in [3.05, 3.63) is 29.6 Å². The lowest BCUT2D eigenvalue weighted by Gasteiger charge is -2.14. The number of hydrogen-bond acceptors (Lipinski definition) is 4. The number of aliphatic hydroxyl groups excluding tert-OH is 1. The van der Waals surface area contributed by atoms with E-state index in [1.165, 1.54) is 12.1 Å². The van der Waals surface area contributed by atoms with Crippen molar-refractivity contribution in [2.75, 3.05) is 12.3 Å². The van der Waals surface area contributed by atoms with Gasteiger partial charge in [-0.3, -0.25) is 10.1 Å². The first-order valence-electron chi connectivity index (χ1n) is 4.19. The van der Waals surface area contributed by atoms with Crippen molar-refractivity contribution >= 4 is 11.7 Å². The fourth-order valence-corrected chi connectivity index (χ4v) is 1.13. The molecule has 1 atom stereocenters. The van der Waals surface area contributed by atoms with E-state index in [2.05, 4.69) is 5.32 Å². The Morgan fingerprint density at radius 1 is 1.60 bits per heavy atom. The molecule has 82 valence electrons. The molecule has 0 aliphatic rings. The molecule has 0 aromatic heterocycles. The lowest BCUT2D eigenvalue weighted by Crippen LogP contribution is -2.28. The van der Waals surface area contributed by atoms with E-state index >= 15 is 0 Å². The minimum atomic E-state index is -1.43. The molecule has 1 rings (SSSR count). The Morgan fingerprint density at radius 2 is 2.27 bits per heavy atom. The number of anilines is 1. The van der Waals surface area contributed by atoms with Crippen molar-refractivity contribution in [2.24, 2.45) is 0 Å². The van der Waals surface area contributed by atoms with E-state index in [0.717, 1.165) is 6.07 Å². The summed E-state index contributed by atoms with van der Waals surface area (Å²) in [6, 6.07) is 3.96. The average Bonchev–Trinajstić information content (AvgIpc) is 2.14. The molecule has 1 unspecified atom stereocenters. The summed E-state index contributed by atoms with van der Waals surface area (Å²) in [5, 5.41) is 20.0. The summed E-state index contributed by atoms with van der Waals surface area (Å²) in [4.78, 5) is 10.2. The number of carbonyl (C=O) groups is 1. The Kier molecular flexibility index (Phi) is 3.59. The van der Waals surface area contributed by atoms with Crippen LogP contribution >= 0.6 is 0 Å². The molecule has 0 aliphatic carbocycles. The van der Waals surface area contributed by atoms with Crippen molar-refractivity contribution in [3.8, 4) is 0 Å². The Balaban J connectivity index is 2.81. The largest absolute Gasteiger partial charge is 0.480 e. The number of carboxylic acid groups (broad SMARTS) is 1. The number of rotatable bonds is 4. The zero-order valence-corrected chi connectivity index (χ0v) is 7.77. The van der Waals surface area contributed by atoms with E-state index in [4.69, 9.17) is 10.8 Å². The van der Waals surface area contributed by atoms with Crippen molar-refractivity contribution in [1.82, 2.24) is 5.32 Å². The summed E-state index contributed by atoms with van der Waals surface area (Å²) >= 11 is 0. The number of aliphatic hydroxyl groups is 1. The Hall–Kier alpha value is -1.66. The van der Waals surface area contributed by atoms with E-state index in [9.17, 15) is 14.3 Å². The van der Waals surface area contributed by atoms with Crippen LogP contribution in [0.4, 0.5) is 10.1 Å². The van der Waals surface area contributed by atoms with Gasteiger partial charge >= 0.3 is 5.97 Å². The molecule has 0 aliphatic heterocycles. The Labute approximate surface area is 85.3 Å². The number of halogens is 1. The highest BCUT2D eigenvalue weighted by Gasteiger charge is 2.15. The van der Waals surface area contributed by atoms with Crippen LogP contribution in [0.25, 0.3) is 0 Å². The van der Waals surface area contributed by atoms with E-state index in [1.807, 2.05) is 0 Å². The van der Waals surface area contributed by atoms with Gasteiger partial charge in [0.1, 0.15) is 12.0 Å². The Bertz CT molecular complexity index is 350. The van der Waals surface area contributed by atoms with Gasteiger partial charge in [-0.25, -0.2) is 4.39 Å². The third-order valence-electron chi connectivity index (χ3n) is 1.81. The predicted molar refractivity (Wildman–Crippen MR) is 51.4 cm³/mol. The second-order valence-electron chi connectivity index (χ2n) is 2.92. The smallest absolute Gasteiger partial charge is 0.317 e. The van der Waals surface area contributed by atoms with Gasteiger partial charge in [-0.05, 0) is 12.1 Å². The topological polar surface area (TPSA) is 95.6 Å². The molecule has 1 aromatic rings. The molecule has 0 fully saturated rings. The third-order valence-corrected chi connectivity index (χ3v) is 1.81. The van der Waals surface area contributed by atoms with E-state index in [-0.39, 0.29) is 11.3 Å². The maximum Gasteiger partial charge on any atom is 0.317 e. The molecule has 0 amide bonds. The molecular weight excluding hydrogens is 203 g/mol. The molecule has 0 spiro atoms. The zero-order chi connectivity index (χ0) is 11.4. The molecule has 0 bridgehead atoms. The van der Waals surface area contributed by atoms with Crippen LogP contribution in [0.3, 0.4) is 0 Å². The van der Waals surface area contributed by atoms with Crippen LogP contribution in [0.2, 0.25) is 0 Å². The first kappa shape index (κ1) is 11.4. The number of carboxylic acids is 1. The summed E-state index contributed by atoms with van der Waals surface area (Å²) in [5.41, 5.74) is 5.37. The standard InChI is InChI=1S/C9H11FN2O3/c10-5-2-1-3-6(11)8(5)9(15)12-4-7(13)14/h1-3,9,12,15H,4,11H2,(H,13,14). The van der Waals surface area contributed by atoms with E-state index in [1.54, 1.807) is 0 Å². The van der Waals surface area contributed by atoms with Crippen LogP contribution in [-0.2, 0) is 4.79 Å².